The molecule has 176 valence electrons. The van der Waals surface area contributed by atoms with Gasteiger partial charge in [-0.1, -0.05) is 6.92 Å². The van der Waals surface area contributed by atoms with E-state index in [9.17, 15) is 9.59 Å². The Bertz CT molecular complexity index is 641. The van der Waals surface area contributed by atoms with E-state index in [4.69, 9.17) is 0 Å². The Labute approximate surface area is 189 Å². The van der Waals surface area contributed by atoms with Gasteiger partial charge in [-0.3, -0.25) is 14.5 Å². The number of likely N-dealkylation sites (tertiary alicyclic amines) is 2. The van der Waals surface area contributed by atoms with Crippen molar-refractivity contribution in [1.29, 1.82) is 0 Å². The van der Waals surface area contributed by atoms with Gasteiger partial charge < -0.3 is 14.7 Å². The first-order valence-corrected chi connectivity index (χ1v) is 12.6. The number of hydrogen-bond acceptors (Lipinski definition) is 5. The second-order valence-electron chi connectivity index (χ2n) is 10.1. The number of fused-ring (bicyclic) bond motifs is 1. The SMILES string of the molecule is CCCN1C[C@@H](CC(=O)N(CC)CCN2CCCC2)C[C@@H]2CC(=O)C(=CN(C)C)C[C@H]21. The molecule has 0 N–H and O–H groups in total. The summed E-state index contributed by atoms with van der Waals surface area (Å²) < 4.78 is 0. The third-order valence-corrected chi connectivity index (χ3v) is 7.38. The van der Waals surface area contributed by atoms with Gasteiger partial charge in [0.2, 0.25) is 5.91 Å². The third-order valence-electron chi connectivity index (χ3n) is 7.38. The van der Waals surface area contributed by atoms with Crippen molar-refractivity contribution in [1.82, 2.24) is 19.6 Å². The standard InChI is InChI=1S/C25H44N4O2/c1-5-9-29-18-20(14-21-17-24(30)22(16-23(21)29)19-26(3)4)15-25(31)28(6-2)13-12-27-10-7-8-11-27/h19-21,23H,5-18H2,1-4H3/t20-,21-,23-/m1/s1. The van der Waals surface area contributed by atoms with Crippen molar-refractivity contribution in [2.75, 3.05) is 59.9 Å². The maximum Gasteiger partial charge on any atom is 0.222 e. The molecular formula is C25H44N4O2. The van der Waals surface area contributed by atoms with E-state index >= 15 is 0 Å². The summed E-state index contributed by atoms with van der Waals surface area (Å²) >= 11 is 0. The van der Waals surface area contributed by atoms with E-state index in [2.05, 4.69) is 28.5 Å². The number of carbonyl (C=O) groups excluding carboxylic acids is 2. The minimum atomic E-state index is 0.303. The molecule has 0 spiro atoms. The molecule has 0 aromatic heterocycles. The van der Waals surface area contributed by atoms with Crippen LogP contribution in [0.2, 0.25) is 0 Å². The van der Waals surface area contributed by atoms with E-state index < -0.39 is 0 Å². The molecule has 3 rings (SSSR count). The van der Waals surface area contributed by atoms with Gasteiger partial charge >= 0.3 is 0 Å². The van der Waals surface area contributed by atoms with Gasteiger partial charge in [0.25, 0.3) is 0 Å². The number of carbonyl (C=O) groups is 2. The number of rotatable bonds is 9. The Hall–Kier alpha value is -1.40. The van der Waals surface area contributed by atoms with Crippen molar-refractivity contribution in [3.05, 3.63) is 11.8 Å². The quantitative estimate of drug-likeness (QED) is 0.525. The van der Waals surface area contributed by atoms with Crippen LogP contribution in [0.5, 0.6) is 0 Å². The minimum Gasteiger partial charge on any atom is -0.383 e. The summed E-state index contributed by atoms with van der Waals surface area (Å²) in [7, 11) is 3.98. The van der Waals surface area contributed by atoms with Crippen molar-refractivity contribution in [3.63, 3.8) is 0 Å². The van der Waals surface area contributed by atoms with Crippen LogP contribution in [-0.4, -0.2) is 97.2 Å². The van der Waals surface area contributed by atoms with Gasteiger partial charge in [0.05, 0.1) is 0 Å². The predicted octanol–water partition coefficient (Wildman–Crippen LogP) is 2.85. The number of ketones is 1. The Kier molecular flexibility index (Phi) is 8.96. The average molecular weight is 433 g/mol. The summed E-state index contributed by atoms with van der Waals surface area (Å²) in [5.41, 5.74) is 0.973. The van der Waals surface area contributed by atoms with Crippen LogP contribution >= 0.6 is 0 Å². The topological polar surface area (TPSA) is 47.1 Å². The first kappa shape index (κ1) is 24.2. The van der Waals surface area contributed by atoms with Crippen molar-refractivity contribution in [3.8, 4) is 0 Å². The monoisotopic (exact) mass is 432 g/mol. The molecule has 1 saturated carbocycles. The van der Waals surface area contributed by atoms with Crippen molar-refractivity contribution < 1.29 is 9.59 Å². The zero-order valence-electron chi connectivity index (χ0n) is 20.3. The Morgan fingerprint density at radius 1 is 1.13 bits per heavy atom. The maximum atomic E-state index is 13.1. The fraction of sp³-hybridized carbons (Fsp3) is 0.840. The van der Waals surface area contributed by atoms with E-state index in [-0.39, 0.29) is 0 Å². The first-order chi connectivity index (χ1) is 14.9. The summed E-state index contributed by atoms with van der Waals surface area (Å²) in [5.74, 6) is 1.37. The third kappa shape index (κ3) is 6.55. The average Bonchev–Trinajstić information content (AvgIpc) is 3.23. The van der Waals surface area contributed by atoms with Gasteiger partial charge in [0, 0.05) is 70.9 Å². The molecule has 6 nitrogen and oxygen atoms in total. The molecule has 0 aromatic rings. The number of hydrogen-bond donors (Lipinski definition) is 0. The molecule has 2 aliphatic heterocycles. The van der Waals surface area contributed by atoms with Gasteiger partial charge in [0.1, 0.15) is 0 Å². The summed E-state index contributed by atoms with van der Waals surface area (Å²) in [5, 5.41) is 0. The lowest BCUT2D eigenvalue weighted by Crippen LogP contribution is -2.52. The fourth-order valence-corrected chi connectivity index (χ4v) is 5.88. The molecule has 2 heterocycles. The highest BCUT2D eigenvalue weighted by Crippen LogP contribution is 2.39. The molecule has 2 saturated heterocycles. The van der Waals surface area contributed by atoms with Crippen LogP contribution in [0.15, 0.2) is 11.8 Å². The van der Waals surface area contributed by atoms with Crippen LogP contribution < -0.4 is 0 Å². The van der Waals surface area contributed by atoms with Gasteiger partial charge in [-0.25, -0.2) is 0 Å². The van der Waals surface area contributed by atoms with Crippen molar-refractivity contribution in [2.24, 2.45) is 11.8 Å². The van der Waals surface area contributed by atoms with E-state index in [1.807, 2.05) is 25.2 Å². The predicted molar refractivity (Wildman–Crippen MR) is 126 cm³/mol. The normalized spacial score (nSPS) is 28.7. The zero-order chi connectivity index (χ0) is 22.4. The molecule has 0 aromatic carbocycles. The highest BCUT2D eigenvalue weighted by Gasteiger charge is 2.41. The highest BCUT2D eigenvalue weighted by atomic mass is 16.2. The van der Waals surface area contributed by atoms with Crippen LogP contribution in [0.4, 0.5) is 0 Å². The molecule has 0 radical (unpaired) electrons. The van der Waals surface area contributed by atoms with Gasteiger partial charge in [-0.15, -0.1) is 0 Å². The van der Waals surface area contributed by atoms with Crippen LogP contribution in [0.25, 0.3) is 0 Å². The molecule has 31 heavy (non-hydrogen) atoms. The van der Waals surface area contributed by atoms with Crippen LogP contribution in [0, 0.1) is 11.8 Å². The number of amides is 1. The molecule has 1 aliphatic carbocycles. The van der Waals surface area contributed by atoms with E-state index in [1.165, 1.54) is 25.9 Å². The molecular weight excluding hydrogens is 388 g/mol. The second-order valence-corrected chi connectivity index (χ2v) is 10.1. The second kappa shape index (κ2) is 11.5. The summed E-state index contributed by atoms with van der Waals surface area (Å²) in [6.07, 6.45) is 8.86. The van der Waals surface area contributed by atoms with Crippen molar-refractivity contribution >= 4 is 11.7 Å². The Morgan fingerprint density at radius 3 is 2.52 bits per heavy atom. The molecule has 3 aliphatic rings. The fourth-order valence-electron chi connectivity index (χ4n) is 5.88. The molecule has 0 bridgehead atoms. The first-order valence-electron chi connectivity index (χ1n) is 12.6. The smallest absolute Gasteiger partial charge is 0.222 e. The van der Waals surface area contributed by atoms with Crippen molar-refractivity contribution in [2.45, 2.75) is 64.8 Å². The summed E-state index contributed by atoms with van der Waals surface area (Å²) in [6.45, 7) is 11.4. The largest absolute Gasteiger partial charge is 0.383 e. The Balaban J connectivity index is 1.60. The zero-order valence-corrected chi connectivity index (χ0v) is 20.3. The summed E-state index contributed by atoms with van der Waals surface area (Å²) in [4.78, 5) is 35.0. The van der Waals surface area contributed by atoms with Gasteiger partial charge in [0.15, 0.2) is 5.78 Å². The number of nitrogens with zero attached hydrogens (tertiary/aromatic N) is 4. The molecule has 1 amide bonds. The molecule has 0 unspecified atom stereocenters. The lowest BCUT2D eigenvalue weighted by Gasteiger charge is -2.47. The van der Waals surface area contributed by atoms with E-state index in [1.54, 1.807) is 0 Å². The van der Waals surface area contributed by atoms with Crippen LogP contribution in [-0.2, 0) is 9.59 Å². The lowest BCUT2D eigenvalue weighted by molar-refractivity contribution is -0.133. The molecule has 3 fully saturated rings. The van der Waals surface area contributed by atoms with Gasteiger partial charge in [-0.05, 0) is 70.5 Å². The molecule has 3 atom stereocenters. The van der Waals surface area contributed by atoms with Gasteiger partial charge in [-0.2, -0.15) is 0 Å². The lowest BCUT2D eigenvalue weighted by atomic mass is 9.72. The van der Waals surface area contributed by atoms with E-state index in [0.717, 1.165) is 57.6 Å². The maximum absolute atomic E-state index is 13.1. The van der Waals surface area contributed by atoms with Crippen LogP contribution in [0.3, 0.4) is 0 Å². The van der Waals surface area contributed by atoms with Crippen LogP contribution in [0.1, 0.15) is 58.8 Å². The van der Waals surface area contributed by atoms with E-state index in [0.29, 0.717) is 42.4 Å². The number of likely N-dealkylation sites (N-methyl/N-ethyl adjacent to an activating group) is 1. The minimum absolute atomic E-state index is 0.303. The Morgan fingerprint density at radius 2 is 1.87 bits per heavy atom. The number of piperidine rings is 1. The molecule has 6 heteroatoms. The number of Topliss-reactive ketones (excluding diaryl/α,β-unsaturated/α-hetero) is 1. The summed E-state index contributed by atoms with van der Waals surface area (Å²) in [6, 6.07) is 0.452. The highest BCUT2D eigenvalue weighted by molar-refractivity contribution is 5.96.